The molecule has 1 unspecified atom stereocenters. The summed E-state index contributed by atoms with van der Waals surface area (Å²) in [5.41, 5.74) is 0.789. The molecule has 0 saturated carbocycles. The van der Waals surface area contributed by atoms with Crippen molar-refractivity contribution < 1.29 is 14.3 Å². The fourth-order valence-electron chi connectivity index (χ4n) is 2.37. The van der Waals surface area contributed by atoms with Crippen molar-refractivity contribution in [3.8, 4) is 11.8 Å². The molecule has 1 aromatic carbocycles. The van der Waals surface area contributed by atoms with Gasteiger partial charge in [-0.25, -0.2) is 4.79 Å². The Bertz CT molecular complexity index is 552. The second-order valence-electron chi connectivity index (χ2n) is 5.89. The molecule has 3 nitrogen and oxygen atoms in total. The maximum Gasteiger partial charge on any atom is 0.344 e. The number of esters is 1. The quantitative estimate of drug-likeness (QED) is 0.228. The van der Waals surface area contributed by atoms with Crippen LogP contribution in [0, 0.1) is 11.8 Å². The number of methoxy groups -OCH3 is 1. The monoisotopic (exact) mass is 342 g/mol. The average molecular weight is 342 g/mol. The Labute approximate surface area is 152 Å². The molecule has 0 aromatic heterocycles. The zero-order valence-electron chi connectivity index (χ0n) is 15.5. The van der Waals surface area contributed by atoms with E-state index >= 15 is 0 Å². The third-order valence-corrected chi connectivity index (χ3v) is 3.79. The van der Waals surface area contributed by atoms with Crippen LogP contribution in [0.15, 0.2) is 42.7 Å². The summed E-state index contributed by atoms with van der Waals surface area (Å²) in [5.74, 6) is 6.01. The maximum atomic E-state index is 12.0. The molecular formula is C22H30O3. The average Bonchev–Trinajstić information content (AvgIpc) is 2.64. The Morgan fingerprint density at radius 2 is 1.80 bits per heavy atom. The number of benzene rings is 1. The number of unbranched alkanes of at least 4 members (excludes halogenated alkanes) is 6. The van der Waals surface area contributed by atoms with Crippen molar-refractivity contribution in [2.75, 3.05) is 7.11 Å². The van der Waals surface area contributed by atoms with Crippen LogP contribution in [0.25, 0.3) is 0 Å². The van der Waals surface area contributed by atoms with Crippen LogP contribution in [0.4, 0.5) is 0 Å². The molecule has 0 radical (unpaired) electrons. The van der Waals surface area contributed by atoms with Crippen LogP contribution in [0.2, 0.25) is 0 Å². The largest absolute Gasteiger partial charge is 0.433 e. The van der Waals surface area contributed by atoms with E-state index in [-0.39, 0.29) is 0 Å². The Kier molecular flexibility index (Phi) is 12.0. The Hall–Kier alpha value is -2.05. The van der Waals surface area contributed by atoms with Crippen molar-refractivity contribution in [3.63, 3.8) is 0 Å². The first-order valence-corrected chi connectivity index (χ1v) is 9.18. The predicted octanol–water partition coefficient (Wildman–Crippen LogP) is 5.58. The van der Waals surface area contributed by atoms with E-state index < -0.39 is 12.1 Å². The predicted molar refractivity (Wildman–Crippen MR) is 102 cm³/mol. The van der Waals surface area contributed by atoms with Crippen LogP contribution in [0.1, 0.15) is 70.0 Å². The van der Waals surface area contributed by atoms with Crippen molar-refractivity contribution in [2.24, 2.45) is 0 Å². The molecule has 0 amide bonds. The highest BCUT2D eigenvalue weighted by atomic mass is 16.6. The SMILES string of the molecule is CCCCCCC#CCCC/C=C\OC(=O)C(OC)c1ccccc1. The Balaban J connectivity index is 2.16. The summed E-state index contributed by atoms with van der Waals surface area (Å²) >= 11 is 0. The van der Waals surface area contributed by atoms with Gasteiger partial charge in [-0.1, -0.05) is 56.5 Å². The van der Waals surface area contributed by atoms with E-state index in [4.69, 9.17) is 9.47 Å². The first-order chi connectivity index (χ1) is 12.3. The lowest BCUT2D eigenvalue weighted by atomic mass is 10.1. The maximum absolute atomic E-state index is 12.0. The molecule has 136 valence electrons. The van der Waals surface area contributed by atoms with Gasteiger partial charge in [0.1, 0.15) is 0 Å². The van der Waals surface area contributed by atoms with Gasteiger partial charge in [-0.05, 0) is 30.9 Å². The Morgan fingerprint density at radius 3 is 2.48 bits per heavy atom. The number of carbonyl (C=O) groups excluding carboxylic acids is 1. The first-order valence-electron chi connectivity index (χ1n) is 9.18. The molecular weight excluding hydrogens is 312 g/mol. The van der Waals surface area contributed by atoms with Crippen LogP contribution < -0.4 is 0 Å². The van der Waals surface area contributed by atoms with Gasteiger partial charge >= 0.3 is 5.97 Å². The summed E-state index contributed by atoms with van der Waals surface area (Å²) in [7, 11) is 1.50. The summed E-state index contributed by atoms with van der Waals surface area (Å²) in [6.45, 7) is 2.22. The lowest BCUT2D eigenvalue weighted by Gasteiger charge is -2.12. The van der Waals surface area contributed by atoms with Crippen LogP contribution in [-0.4, -0.2) is 13.1 Å². The molecule has 1 atom stereocenters. The minimum Gasteiger partial charge on any atom is -0.433 e. The standard InChI is InChI=1S/C22H30O3/c1-3-4-5-6-7-8-9-10-11-12-16-19-25-22(23)21(24-2)20-17-14-13-15-18-20/h13-19,21H,3-7,10-12H2,1-2H3/b19-16-. The topological polar surface area (TPSA) is 35.5 Å². The molecule has 1 rings (SSSR count). The van der Waals surface area contributed by atoms with E-state index in [0.29, 0.717) is 0 Å². The molecule has 0 bridgehead atoms. The van der Waals surface area contributed by atoms with Gasteiger partial charge in [0.05, 0.1) is 6.26 Å². The number of hydrogen-bond donors (Lipinski definition) is 0. The fraction of sp³-hybridized carbons (Fsp3) is 0.500. The normalized spacial score (nSPS) is 11.8. The second-order valence-corrected chi connectivity index (χ2v) is 5.89. The summed E-state index contributed by atoms with van der Waals surface area (Å²) in [6, 6.07) is 9.33. The summed E-state index contributed by atoms with van der Waals surface area (Å²) < 4.78 is 10.4. The molecule has 0 spiro atoms. The molecule has 1 aromatic rings. The summed E-state index contributed by atoms with van der Waals surface area (Å²) in [5, 5.41) is 0. The van der Waals surface area contributed by atoms with Crippen molar-refractivity contribution in [1.29, 1.82) is 0 Å². The minimum atomic E-state index is -0.690. The van der Waals surface area contributed by atoms with Gasteiger partial charge in [0.15, 0.2) is 6.10 Å². The lowest BCUT2D eigenvalue weighted by Crippen LogP contribution is -2.15. The molecule has 25 heavy (non-hydrogen) atoms. The molecule has 0 saturated heterocycles. The van der Waals surface area contributed by atoms with E-state index in [1.54, 1.807) is 0 Å². The molecule has 0 aliphatic heterocycles. The number of carbonyl (C=O) groups is 1. The highest BCUT2D eigenvalue weighted by Gasteiger charge is 2.20. The van der Waals surface area contributed by atoms with Gasteiger partial charge in [0.25, 0.3) is 0 Å². The molecule has 0 N–H and O–H groups in total. The molecule has 0 heterocycles. The van der Waals surface area contributed by atoms with Crippen molar-refractivity contribution in [3.05, 3.63) is 48.2 Å². The molecule has 0 fully saturated rings. The van der Waals surface area contributed by atoms with E-state index in [0.717, 1.165) is 31.2 Å². The van der Waals surface area contributed by atoms with Gasteiger partial charge in [0, 0.05) is 20.0 Å². The second kappa shape index (κ2) is 14.3. The van der Waals surface area contributed by atoms with E-state index in [1.807, 2.05) is 36.4 Å². The third kappa shape index (κ3) is 9.74. The highest BCUT2D eigenvalue weighted by Crippen LogP contribution is 2.17. The Morgan fingerprint density at radius 1 is 1.08 bits per heavy atom. The van der Waals surface area contributed by atoms with Crippen LogP contribution in [0.3, 0.4) is 0 Å². The number of allylic oxidation sites excluding steroid dienone is 1. The lowest BCUT2D eigenvalue weighted by molar-refractivity contribution is -0.149. The molecule has 0 aliphatic rings. The fourth-order valence-corrected chi connectivity index (χ4v) is 2.37. The molecule has 0 aliphatic carbocycles. The van der Waals surface area contributed by atoms with Crippen LogP contribution in [-0.2, 0) is 14.3 Å². The van der Waals surface area contributed by atoms with Gasteiger partial charge in [0.2, 0.25) is 0 Å². The zero-order valence-corrected chi connectivity index (χ0v) is 15.5. The van der Waals surface area contributed by atoms with Crippen molar-refractivity contribution >= 4 is 5.97 Å². The number of ether oxygens (including phenoxy) is 2. The summed E-state index contributed by atoms with van der Waals surface area (Å²) in [6.07, 6.45) is 11.4. The third-order valence-electron chi connectivity index (χ3n) is 3.79. The van der Waals surface area contributed by atoms with Gasteiger partial charge < -0.3 is 9.47 Å². The van der Waals surface area contributed by atoms with E-state index in [2.05, 4.69) is 18.8 Å². The van der Waals surface area contributed by atoms with Gasteiger partial charge in [-0.2, -0.15) is 0 Å². The van der Waals surface area contributed by atoms with Gasteiger partial charge in [-0.15, -0.1) is 11.8 Å². The first kappa shape index (κ1) is 21.0. The van der Waals surface area contributed by atoms with Crippen molar-refractivity contribution in [2.45, 2.75) is 64.4 Å². The smallest absolute Gasteiger partial charge is 0.344 e. The minimum absolute atomic E-state index is 0.406. The van der Waals surface area contributed by atoms with Crippen LogP contribution in [0.5, 0.6) is 0 Å². The van der Waals surface area contributed by atoms with Crippen LogP contribution >= 0.6 is 0 Å². The van der Waals surface area contributed by atoms with E-state index in [9.17, 15) is 4.79 Å². The number of rotatable bonds is 11. The zero-order chi connectivity index (χ0) is 18.2. The molecule has 3 heteroatoms. The van der Waals surface area contributed by atoms with E-state index in [1.165, 1.54) is 39.1 Å². The number of hydrogen-bond acceptors (Lipinski definition) is 3. The van der Waals surface area contributed by atoms with Crippen molar-refractivity contribution in [1.82, 2.24) is 0 Å². The highest BCUT2D eigenvalue weighted by molar-refractivity contribution is 5.77. The summed E-state index contributed by atoms with van der Waals surface area (Å²) in [4.78, 5) is 12.0. The van der Waals surface area contributed by atoms with Gasteiger partial charge in [-0.3, -0.25) is 0 Å².